The highest BCUT2D eigenvalue weighted by atomic mass is 16.5. The van der Waals surface area contributed by atoms with Crippen molar-refractivity contribution in [3.63, 3.8) is 0 Å². The van der Waals surface area contributed by atoms with E-state index in [2.05, 4.69) is 41.7 Å². The minimum absolute atomic E-state index is 0.304. The molecule has 0 bridgehead atoms. The summed E-state index contributed by atoms with van der Waals surface area (Å²) in [7, 11) is 0. The third-order valence-corrected chi connectivity index (χ3v) is 5.32. The summed E-state index contributed by atoms with van der Waals surface area (Å²) in [5.74, 6) is 1.53. The molecule has 170 valence electrons. The van der Waals surface area contributed by atoms with E-state index in [9.17, 15) is 0 Å². The van der Waals surface area contributed by atoms with Crippen molar-refractivity contribution < 1.29 is 14.6 Å². The molecule has 0 unspecified atom stereocenters. The van der Waals surface area contributed by atoms with Gasteiger partial charge in [-0.1, -0.05) is 86.0 Å². The number of aliphatic hydroxyl groups is 1. The van der Waals surface area contributed by atoms with Gasteiger partial charge >= 0.3 is 0 Å². The highest BCUT2D eigenvalue weighted by Crippen LogP contribution is 2.30. The van der Waals surface area contributed by atoms with Gasteiger partial charge in [0.25, 0.3) is 0 Å². The molecule has 0 saturated heterocycles. The van der Waals surface area contributed by atoms with E-state index in [0.717, 1.165) is 55.0 Å². The second-order valence-corrected chi connectivity index (χ2v) is 8.00. The maximum absolute atomic E-state index is 8.84. The molecule has 0 radical (unpaired) electrons. The van der Waals surface area contributed by atoms with Crippen molar-refractivity contribution in [3.8, 4) is 11.5 Å². The molecule has 32 heavy (non-hydrogen) atoms. The highest BCUT2D eigenvalue weighted by Gasteiger charge is 2.08. The number of ether oxygens (including phenoxy) is 2. The van der Waals surface area contributed by atoms with E-state index in [4.69, 9.17) is 14.6 Å². The van der Waals surface area contributed by atoms with Gasteiger partial charge in [0.05, 0.1) is 0 Å². The molecule has 0 aliphatic heterocycles. The van der Waals surface area contributed by atoms with Crippen LogP contribution in [0.2, 0.25) is 0 Å². The quantitative estimate of drug-likeness (QED) is 0.294. The van der Waals surface area contributed by atoms with Crippen LogP contribution in [0.5, 0.6) is 11.5 Å². The minimum Gasteiger partial charge on any atom is -0.485 e. The third kappa shape index (κ3) is 8.74. The zero-order valence-electron chi connectivity index (χ0n) is 18.8. The maximum atomic E-state index is 8.84. The molecule has 0 fully saturated rings. The van der Waals surface area contributed by atoms with Crippen molar-refractivity contribution >= 4 is 0 Å². The summed E-state index contributed by atoms with van der Waals surface area (Å²) >= 11 is 0. The monoisotopic (exact) mass is 433 g/mol. The number of unbranched alkanes of at least 4 members (excludes halogenated alkanes) is 4. The molecule has 2 N–H and O–H groups in total. The molecule has 0 aromatic heterocycles. The molecule has 3 aromatic carbocycles. The Hall–Kier alpha value is -2.82. The minimum atomic E-state index is 0.304. The molecule has 0 atom stereocenters. The normalized spacial score (nSPS) is 10.8. The lowest BCUT2D eigenvalue weighted by Crippen LogP contribution is -2.14. The summed E-state index contributed by atoms with van der Waals surface area (Å²) in [6, 6.07) is 26.6. The molecule has 0 aliphatic rings. The van der Waals surface area contributed by atoms with Crippen LogP contribution in [0.1, 0.15) is 48.8 Å². The Balaban J connectivity index is 1.55. The van der Waals surface area contributed by atoms with E-state index < -0.39 is 0 Å². The van der Waals surface area contributed by atoms with Crippen LogP contribution in [0.4, 0.5) is 0 Å². The third-order valence-electron chi connectivity index (χ3n) is 5.32. The first-order valence-corrected chi connectivity index (χ1v) is 11.6. The smallest absolute Gasteiger partial charge is 0.162 e. The van der Waals surface area contributed by atoms with Gasteiger partial charge in [-0.25, -0.2) is 0 Å². The van der Waals surface area contributed by atoms with Crippen LogP contribution in [-0.4, -0.2) is 18.3 Å². The fourth-order valence-electron chi connectivity index (χ4n) is 3.49. The Labute approximate surface area is 192 Å². The number of nitrogens with one attached hydrogen (secondary N) is 1. The van der Waals surface area contributed by atoms with Crippen molar-refractivity contribution in [2.24, 2.45) is 0 Å². The van der Waals surface area contributed by atoms with Crippen molar-refractivity contribution in [2.45, 2.75) is 51.9 Å². The van der Waals surface area contributed by atoms with Gasteiger partial charge < -0.3 is 19.9 Å². The van der Waals surface area contributed by atoms with Gasteiger partial charge in [-0.05, 0) is 48.2 Å². The van der Waals surface area contributed by atoms with E-state index in [1.165, 1.54) is 18.4 Å². The number of rotatable bonds is 15. The van der Waals surface area contributed by atoms with Crippen LogP contribution in [-0.2, 0) is 19.8 Å². The summed E-state index contributed by atoms with van der Waals surface area (Å²) in [5, 5.41) is 12.4. The lowest BCUT2D eigenvalue weighted by atomic mass is 10.1. The molecule has 3 aromatic rings. The van der Waals surface area contributed by atoms with Crippen LogP contribution in [0.15, 0.2) is 78.9 Å². The largest absolute Gasteiger partial charge is 0.485 e. The van der Waals surface area contributed by atoms with Crippen molar-refractivity contribution in [3.05, 3.63) is 95.6 Å². The van der Waals surface area contributed by atoms with Crippen LogP contribution in [0.25, 0.3) is 0 Å². The molecule has 0 aliphatic carbocycles. The lowest BCUT2D eigenvalue weighted by molar-refractivity contribution is 0.255. The van der Waals surface area contributed by atoms with Crippen molar-refractivity contribution in [2.75, 3.05) is 13.2 Å². The highest BCUT2D eigenvalue weighted by molar-refractivity contribution is 5.43. The second kappa shape index (κ2) is 14.3. The van der Waals surface area contributed by atoms with Gasteiger partial charge in [0.15, 0.2) is 11.5 Å². The van der Waals surface area contributed by atoms with Gasteiger partial charge in [-0.15, -0.1) is 0 Å². The Kier molecular flexibility index (Phi) is 10.6. The molecule has 0 saturated carbocycles. The predicted molar refractivity (Wildman–Crippen MR) is 130 cm³/mol. The van der Waals surface area contributed by atoms with Gasteiger partial charge in [0.1, 0.15) is 13.2 Å². The van der Waals surface area contributed by atoms with E-state index in [1.807, 2.05) is 42.5 Å². The summed E-state index contributed by atoms with van der Waals surface area (Å²) < 4.78 is 12.3. The Morgan fingerprint density at radius 1 is 0.594 bits per heavy atom. The van der Waals surface area contributed by atoms with E-state index in [1.54, 1.807) is 0 Å². The van der Waals surface area contributed by atoms with Crippen molar-refractivity contribution in [1.82, 2.24) is 5.32 Å². The molecule has 0 amide bonds. The van der Waals surface area contributed by atoms with Crippen molar-refractivity contribution in [1.29, 1.82) is 0 Å². The average Bonchev–Trinajstić information content (AvgIpc) is 2.85. The standard InChI is InChI=1S/C28H35NO3/c30-19-11-3-1-2-10-18-29-21-26-16-17-27(31-22-24-12-6-4-7-13-24)28(20-26)32-23-25-14-8-5-9-15-25/h4-9,12-17,20,29-30H,1-3,10-11,18-19,21-23H2. The Bertz CT molecular complexity index is 884. The summed E-state index contributed by atoms with van der Waals surface area (Å²) in [5.41, 5.74) is 3.44. The molecular formula is C28H35NO3. The van der Waals surface area contributed by atoms with Gasteiger partial charge in [-0.2, -0.15) is 0 Å². The zero-order chi connectivity index (χ0) is 22.3. The predicted octanol–water partition coefficient (Wildman–Crippen LogP) is 5.88. The summed E-state index contributed by atoms with van der Waals surface area (Å²) in [6.45, 7) is 3.12. The fourth-order valence-corrected chi connectivity index (χ4v) is 3.49. The number of hydrogen-bond acceptors (Lipinski definition) is 4. The van der Waals surface area contributed by atoms with Crippen LogP contribution >= 0.6 is 0 Å². The first-order valence-electron chi connectivity index (χ1n) is 11.6. The topological polar surface area (TPSA) is 50.7 Å². The molecule has 3 rings (SSSR count). The molecular weight excluding hydrogens is 398 g/mol. The Morgan fingerprint density at radius 3 is 1.84 bits per heavy atom. The maximum Gasteiger partial charge on any atom is 0.162 e. The van der Waals surface area contributed by atoms with Crippen LogP contribution in [0.3, 0.4) is 0 Å². The number of hydrogen-bond donors (Lipinski definition) is 2. The first kappa shape index (κ1) is 23.8. The number of benzene rings is 3. The second-order valence-electron chi connectivity index (χ2n) is 8.00. The van der Waals surface area contributed by atoms with Crippen LogP contribution < -0.4 is 14.8 Å². The molecule has 4 heteroatoms. The first-order chi connectivity index (χ1) is 15.8. The fraction of sp³-hybridized carbons (Fsp3) is 0.357. The number of aliphatic hydroxyl groups excluding tert-OH is 1. The van der Waals surface area contributed by atoms with Gasteiger partial charge in [-0.3, -0.25) is 0 Å². The van der Waals surface area contributed by atoms with Gasteiger partial charge in [0.2, 0.25) is 0 Å². The van der Waals surface area contributed by atoms with E-state index in [-0.39, 0.29) is 0 Å². The van der Waals surface area contributed by atoms with Crippen LogP contribution in [0, 0.1) is 0 Å². The SMILES string of the molecule is OCCCCCCCNCc1ccc(OCc2ccccc2)c(OCc2ccccc2)c1. The molecule has 0 spiro atoms. The molecule has 0 heterocycles. The summed E-state index contributed by atoms with van der Waals surface area (Å²) in [6.07, 6.45) is 5.57. The van der Waals surface area contributed by atoms with E-state index >= 15 is 0 Å². The summed E-state index contributed by atoms with van der Waals surface area (Å²) in [4.78, 5) is 0. The average molecular weight is 434 g/mol. The molecule has 4 nitrogen and oxygen atoms in total. The lowest BCUT2D eigenvalue weighted by Gasteiger charge is -2.15. The zero-order valence-corrected chi connectivity index (χ0v) is 18.8. The van der Waals surface area contributed by atoms with E-state index in [0.29, 0.717) is 19.8 Å². The Morgan fingerprint density at radius 2 is 1.19 bits per heavy atom. The van der Waals surface area contributed by atoms with Gasteiger partial charge in [0, 0.05) is 13.2 Å².